The average Bonchev–Trinajstić information content (AvgIpc) is 3.22. The molecule has 0 aromatic heterocycles. The predicted molar refractivity (Wildman–Crippen MR) is 79.8 cm³/mol. The van der Waals surface area contributed by atoms with E-state index >= 15 is 0 Å². The quantitative estimate of drug-likeness (QED) is 0.756. The highest BCUT2D eigenvalue weighted by Crippen LogP contribution is 2.28. The second-order valence-corrected chi connectivity index (χ2v) is 7.50. The highest BCUT2D eigenvalue weighted by molar-refractivity contribution is 9.10. The first-order valence-corrected chi connectivity index (χ1v) is 8.71. The van der Waals surface area contributed by atoms with Gasteiger partial charge in [-0.05, 0) is 43.5 Å². The molecule has 0 unspecified atom stereocenters. The highest BCUT2D eigenvalue weighted by Gasteiger charge is 2.29. The van der Waals surface area contributed by atoms with Gasteiger partial charge in [0.15, 0.2) is 0 Å². The lowest BCUT2D eigenvalue weighted by atomic mass is 10.2. The van der Waals surface area contributed by atoms with E-state index in [0.717, 1.165) is 22.9 Å². The number of halogens is 1. The summed E-state index contributed by atoms with van der Waals surface area (Å²) in [7, 11) is -3.52. The summed E-state index contributed by atoms with van der Waals surface area (Å²) in [5.41, 5.74) is 0.856. The maximum Gasteiger partial charge on any atom is 0.240 e. The van der Waals surface area contributed by atoms with Gasteiger partial charge in [-0.1, -0.05) is 15.9 Å². The molecule has 0 spiro atoms. The lowest BCUT2D eigenvalue weighted by molar-refractivity contribution is -0.122. The minimum Gasteiger partial charge on any atom is -0.355 e. The van der Waals surface area contributed by atoms with Crippen molar-refractivity contribution >= 4 is 31.9 Å². The Balaban J connectivity index is 1.86. The van der Waals surface area contributed by atoms with Gasteiger partial charge in [-0.3, -0.25) is 4.79 Å². The molecular formula is C13H17BrN2O3S. The van der Waals surface area contributed by atoms with Crippen LogP contribution in [0.15, 0.2) is 27.6 Å². The molecule has 20 heavy (non-hydrogen) atoms. The summed E-state index contributed by atoms with van der Waals surface area (Å²) < 4.78 is 27.4. The minimum atomic E-state index is -3.52. The molecule has 0 bridgehead atoms. The van der Waals surface area contributed by atoms with Crippen LogP contribution in [0.5, 0.6) is 0 Å². The van der Waals surface area contributed by atoms with Crippen molar-refractivity contribution in [2.45, 2.75) is 24.7 Å². The smallest absolute Gasteiger partial charge is 0.240 e. The second kappa shape index (κ2) is 6.24. The van der Waals surface area contributed by atoms with Gasteiger partial charge in [-0.25, -0.2) is 13.1 Å². The monoisotopic (exact) mass is 360 g/mol. The van der Waals surface area contributed by atoms with E-state index in [2.05, 4.69) is 26.0 Å². The fraction of sp³-hybridized carbons (Fsp3) is 0.462. The first-order chi connectivity index (χ1) is 9.40. The summed E-state index contributed by atoms with van der Waals surface area (Å²) in [4.78, 5) is 11.6. The van der Waals surface area contributed by atoms with Crippen LogP contribution in [0, 0.1) is 12.8 Å². The first-order valence-electron chi connectivity index (χ1n) is 6.44. The molecule has 1 fully saturated rings. The maximum absolute atomic E-state index is 12.0. The van der Waals surface area contributed by atoms with Gasteiger partial charge in [-0.2, -0.15) is 0 Å². The molecule has 110 valence electrons. The molecule has 2 rings (SSSR count). The summed E-state index contributed by atoms with van der Waals surface area (Å²) >= 11 is 3.33. The van der Waals surface area contributed by atoms with E-state index < -0.39 is 10.0 Å². The summed E-state index contributed by atoms with van der Waals surface area (Å²) in [5, 5.41) is 2.72. The number of carbonyl (C=O) groups is 1. The molecule has 0 heterocycles. The summed E-state index contributed by atoms with van der Waals surface area (Å²) in [6.07, 6.45) is 1.88. The number of rotatable bonds is 6. The molecule has 1 aromatic rings. The zero-order valence-corrected chi connectivity index (χ0v) is 13.6. The van der Waals surface area contributed by atoms with E-state index in [1.54, 1.807) is 18.2 Å². The van der Waals surface area contributed by atoms with Crippen molar-refractivity contribution < 1.29 is 13.2 Å². The fourth-order valence-electron chi connectivity index (χ4n) is 1.73. The Hall–Kier alpha value is -0.920. The molecule has 0 saturated heterocycles. The van der Waals surface area contributed by atoms with Crippen molar-refractivity contribution in [3.05, 3.63) is 28.2 Å². The average molecular weight is 361 g/mol. The van der Waals surface area contributed by atoms with Crippen LogP contribution in [-0.4, -0.2) is 27.4 Å². The van der Waals surface area contributed by atoms with Crippen LogP contribution >= 0.6 is 15.9 Å². The molecule has 7 heteroatoms. The second-order valence-electron chi connectivity index (χ2n) is 4.87. The van der Waals surface area contributed by atoms with Gasteiger partial charge in [0.05, 0.1) is 4.90 Å². The van der Waals surface area contributed by atoms with Crippen LogP contribution in [0.1, 0.15) is 18.4 Å². The van der Waals surface area contributed by atoms with Crippen LogP contribution in [0.4, 0.5) is 0 Å². The van der Waals surface area contributed by atoms with Crippen LogP contribution in [0.2, 0.25) is 0 Å². The Labute approximate surface area is 127 Å². The Morgan fingerprint density at radius 2 is 2.05 bits per heavy atom. The van der Waals surface area contributed by atoms with Crippen LogP contribution in [-0.2, 0) is 14.8 Å². The number of sulfonamides is 1. The van der Waals surface area contributed by atoms with E-state index in [9.17, 15) is 13.2 Å². The SMILES string of the molecule is Cc1cc(S(=O)(=O)NCCNC(=O)C2CC2)ccc1Br. The van der Waals surface area contributed by atoms with Crippen molar-refractivity contribution in [1.82, 2.24) is 10.0 Å². The maximum atomic E-state index is 12.0. The van der Waals surface area contributed by atoms with Gasteiger partial charge in [-0.15, -0.1) is 0 Å². The Bertz CT molecular complexity index is 612. The highest BCUT2D eigenvalue weighted by atomic mass is 79.9. The van der Waals surface area contributed by atoms with Gasteiger partial charge in [0, 0.05) is 23.5 Å². The molecule has 1 aliphatic carbocycles. The topological polar surface area (TPSA) is 75.3 Å². The summed E-state index contributed by atoms with van der Waals surface area (Å²) in [5.74, 6) is 0.157. The van der Waals surface area contributed by atoms with E-state index in [1.807, 2.05) is 6.92 Å². The number of carbonyl (C=O) groups excluding carboxylic acids is 1. The summed E-state index contributed by atoms with van der Waals surface area (Å²) in [6.45, 7) is 2.33. The van der Waals surface area contributed by atoms with Crippen LogP contribution < -0.4 is 10.0 Å². The first kappa shape index (κ1) is 15.5. The number of hydrogen-bond acceptors (Lipinski definition) is 3. The van der Waals surface area contributed by atoms with Gasteiger partial charge in [0.1, 0.15) is 0 Å². The number of nitrogens with one attached hydrogen (secondary N) is 2. The lowest BCUT2D eigenvalue weighted by Gasteiger charge is -2.09. The molecule has 5 nitrogen and oxygen atoms in total. The van der Waals surface area contributed by atoms with E-state index in [1.165, 1.54) is 0 Å². The third-order valence-corrected chi connectivity index (χ3v) is 5.45. The van der Waals surface area contributed by atoms with Gasteiger partial charge < -0.3 is 5.32 Å². The Kier molecular flexibility index (Phi) is 4.82. The van der Waals surface area contributed by atoms with Crippen molar-refractivity contribution in [3.8, 4) is 0 Å². The van der Waals surface area contributed by atoms with Crippen molar-refractivity contribution in [2.75, 3.05) is 13.1 Å². The zero-order chi connectivity index (χ0) is 14.8. The van der Waals surface area contributed by atoms with Crippen LogP contribution in [0.3, 0.4) is 0 Å². The van der Waals surface area contributed by atoms with Gasteiger partial charge >= 0.3 is 0 Å². The van der Waals surface area contributed by atoms with E-state index in [4.69, 9.17) is 0 Å². The van der Waals surface area contributed by atoms with Crippen molar-refractivity contribution in [1.29, 1.82) is 0 Å². The molecule has 1 saturated carbocycles. The zero-order valence-electron chi connectivity index (χ0n) is 11.1. The third kappa shape index (κ3) is 4.04. The van der Waals surface area contributed by atoms with Crippen LogP contribution in [0.25, 0.3) is 0 Å². The largest absolute Gasteiger partial charge is 0.355 e. The third-order valence-electron chi connectivity index (χ3n) is 3.10. The molecule has 1 aromatic carbocycles. The van der Waals surface area contributed by atoms with E-state index in [0.29, 0.717) is 6.54 Å². The Morgan fingerprint density at radius 1 is 1.35 bits per heavy atom. The molecule has 0 aliphatic heterocycles. The van der Waals surface area contributed by atoms with Gasteiger partial charge in [0.25, 0.3) is 0 Å². The molecule has 0 atom stereocenters. The molecule has 2 N–H and O–H groups in total. The number of aryl methyl sites for hydroxylation is 1. The molecule has 1 aliphatic rings. The number of hydrogen-bond donors (Lipinski definition) is 2. The fourth-order valence-corrected chi connectivity index (χ4v) is 3.09. The molecule has 1 amide bonds. The standard InChI is InChI=1S/C13H17BrN2O3S/c1-9-8-11(4-5-12(9)14)20(18,19)16-7-6-15-13(17)10-2-3-10/h4-5,8,10,16H,2-3,6-7H2,1H3,(H,15,17). The van der Waals surface area contributed by atoms with E-state index in [-0.39, 0.29) is 23.3 Å². The van der Waals surface area contributed by atoms with Crippen molar-refractivity contribution in [3.63, 3.8) is 0 Å². The number of benzene rings is 1. The minimum absolute atomic E-state index is 0.0173. The Morgan fingerprint density at radius 3 is 2.65 bits per heavy atom. The normalized spacial score (nSPS) is 15.1. The van der Waals surface area contributed by atoms with Crippen molar-refractivity contribution in [2.24, 2.45) is 5.92 Å². The molecule has 0 radical (unpaired) electrons. The summed E-state index contributed by atoms with van der Waals surface area (Å²) in [6, 6.07) is 4.86. The number of amides is 1. The molecular weight excluding hydrogens is 344 g/mol. The predicted octanol–water partition coefficient (Wildman–Crippen LogP) is 1.56. The van der Waals surface area contributed by atoms with Gasteiger partial charge in [0.2, 0.25) is 15.9 Å². The lowest BCUT2D eigenvalue weighted by Crippen LogP contribution is -2.35.